The molecule has 0 aliphatic heterocycles. The molecule has 0 aliphatic carbocycles. The monoisotopic (exact) mass is 247 g/mol. The van der Waals surface area contributed by atoms with Gasteiger partial charge in [-0.15, -0.1) is 11.3 Å². The van der Waals surface area contributed by atoms with Crippen molar-refractivity contribution in [3.05, 3.63) is 41.0 Å². The van der Waals surface area contributed by atoms with Crippen LogP contribution >= 0.6 is 22.9 Å². The summed E-state index contributed by atoms with van der Waals surface area (Å²) in [6, 6.07) is 5.46. The van der Waals surface area contributed by atoms with E-state index in [9.17, 15) is 0 Å². The highest BCUT2D eigenvalue weighted by Crippen LogP contribution is 2.22. The number of halogens is 1. The highest BCUT2D eigenvalue weighted by molar-refractivity contribution is 7.17. The van der Waals surface area contributed by atoms with Crippen molar-refractivity contribution >= 4 is 33.2 Å². The predicted octanol–water partition coefficient (Wildman–Crippen LogP) is 3.41. The molecule has 0 fully saturated rings. The number of hydrogen-bond donors (Lipinski definition) is 0. The standard InChI is InChI=1S/C11H6ClN3S/c12-7-1-3-13-9(5-7)11-14-6-10-8(15-11)2-4-16-10/h1-6H. The molecule has 0 amide bonds. The van der Waals surface area contributed by atoms with Crippen LogP contribution in [0.1, 0.15) is 0 Å². The van der Waals surface area contributed by atoms with Crippen LogP contribution in [0.25, 0.3) is 21.7 Å². The van der Waals surface area contributed by atoms with E-state index < -0.39 is 0 Å². The van der Waals surface area contributed by atoms with Gasteiger partial charge in [0.25, 0.3) is 0 Å². The van der Waals surface area contributed by atoms with Crippen LogP contribution in [0.3, 0.4) is 0 Å². The number of aromatic nitrogens is 3. The molecular formula is C11H6ClN3S. The third-order valence-corrected chi connectivity index (χ3v) is 3.23. The van der Waals surface area contributed by atoms with Crippen LogP contribution in [0.2, 0.25) is 5.02 Å². The molecule has 3 rings (SSSR count). The lowest BCUT2D eigenvalue weighted by atomic mass is 10.3. The molecular weight excluding hydrogens is 242 g/mol. The molecule has 0 N–H and O–H groups in total. The van der Waals surface area contributed by atoms with Crippen molar-refractivity contribution < 1.29 is 0 Å². The number of nitrogens with zero attached hydrogens (tertiary/aromatic N) is 3. The number of rotatable bonds is 1. The molecule has 0 aliphatic rings. The van der Waals surface area contributed by atoms with Crippen LogP contribution in [0, 0.1) is 0 Å². The van der Waals surface area contributed by atoms with E-state index >= 15 is 0 Å². The van der Waals surface area contributed by atoms with Crippen molar-refractivity contribution in [3.8, 4) is 11.5 Å². The number of pyridine rings is 1. The SMILES string of the molecule is Clc1ccnc(-c2ncc3sccc3n2)c1. The van der Waals surface area contributed by atoms with Crippen molar-refractivity contribution in [1.82, 2.24) is 15.0 Å². The van der Waals surface area contributed by atoms with Gasteiger partial charge in [0.1, 0.15) is 5.69 Å². The lowest BCUT2D eigenvalue weighted by Crippen LogP contribution is -1.90. The largest absolute Gasteiger partial charge is 0.253 e. The Morgan fingerprint density at radius 2 is 2.12 bits per heavy atom. The molecule has 5 heteroatoms. The molecule has 0 spiro atoms. The van der Waals surface area contributed by atoms with Gasteiger partial charge in [0.15, 0.2) is 5.82 Å². The summed E-state index contributed by atoms with van der Waals surface area (Å²) in [6.07, 6.45) is 3.46. The van der Waals surface area contributed by atoms with Crippen LogP contribution in [-0.2, 0) is 0 Å². The van der Waals surface area contributed by atoms with Crippen LogP contribution in [-0.4, -0.2) is 15.0 Å². The van der Waals surface area contributed by atoms with Gasteiger partial charge in [-0.2, -0.15) is 0 Å². The van der Waals surface area contributed by atoms with E-state index in [1.54, 1.807) is 29.7 Å². The van der Waals surface area contributed by atoms with Crippen molar-refractivity contribution in [1.29, 1.82) is 0 Å². The summed E-state index contributed by atoms with van der Waals surface area (Å²) in [5, 5.41) is 2.63. The Morgan fingerprint density at radius 3 is 3.00 bits per heavy atom. The molecule has 3 nitrogen and oxygen atoms in total. The van der Waals surface area contributed by atoms with Gasteiger partial charge >= 0.3 is 0 Å². The fourth-order valence-electron chi connectivity index (χ4n) is 1.42. The van der Waals surface area contributed by atoms with Gasteiger partial charge in [-0.25, -0.2) is 9.97 Å². The molecule has 16 heavy (non-hydrogen) atoms. The van der Waals surface area contributed by atoms with Gasteiger partial charge < -0.3 is 0 Å². The van der Waals surface area contributed by atoms with Crippen molar-refractivity contribution in [2.75, 3.05) is 0 Å². The average Bonchev–Trinajstić information content (AvgIpc) is 2.75. The second-order valence-electron chi connectivity index (χ2n) is 3.22. The van der Waals surface area contributed by atoms with Gasteiger partial charge in [0.2, 0.25) is 0 Å². The normalized spacial score (nSPS) is 10.8. The van der Waals surface area contributed by atoms with E-state index in [0.29, 0.717) is 16.5 Å². The van der Waals surface area contributed by atoms with E-state index in [1.807, 2.05) is 17.6 Å². The quantitative estimate of drug-likeness (QED) is 0.662. The highest BCUT2D eigenvalue weighted by Gasteiger charge is 2.05. The molecule has 0 bridgehead atoms. The Balaban J connectivity index is 2.18. The summed E-state index contributed by atoms with van der Waals surface area (Å²) in [7, 11) is 0. The minimum atomic E-state index is 0.605. The molecule has 3 aromatic rings. The lowest BCUT2D eigenvalue weighted by Gasteiger charge is -1.99. The maximum absolute atomic E-state index is 5.90. The van der Waals surface area contributed by atoms with Crippen LogP contribution in [0.5, 0.6) is 0 Å². The molecule has 78 valence electrons. The molecule has 3 heterocycles. The van der Waals surface area contributed by atoms with Gasteiger partial charge in [-0.05, 0) is 23.6 Å². The summed E-state index contributed by atoms with van der Waals surface area (Å²) >= 11 is 7.52. The first kappa shape index (κ1) is 9.69. The smallest absolute Gasteiger partial charge is 0.178 e. The van der Waals surface area contributed by atoms with Crippen molar-refractivity contribution in [2.45, 2.75) is 0 Å². The Hall–Kier alpha value is -1.52. The van der Waals surface area contributed by atoms with Gasteiger partial charge in [-0.3, -0.25) is 4.98 Å². The second kappa shape index (κ2) is 3.81. The van der Waals surface area contributed by atoms with Crippen LogP contribution < -0.4 is 0 Å². The summed E-state index contributed by atoms with van der Waals surface area (Å²) in [4.78, 5) is 12.9. The number of thiophene rings is 1. The Bertz CT molecular complexity index is 650. The first-order valence-corrected chi connectivity index (χ1v) is 5.91. The first-order valence-electron chi connectivity index (χ1n) is 4.65. The van der Waals surface area contributed by atoms with Crippen molar-refractivity contribution in [3.63, 3.8) is 0 Å². The predicted molar refractivity (Wildman–Crippen MR) is 65.7 cm³/mol. The van der Waals surface area contributed by atoms with Crippen molar-refractivity contribution in [2.24, 2.45) is 0 Å². The van der Waals surface area contributed by atoms with E-state index in [-0.39, 0.29) is 0 Å². The summed E-state index contributed by atoms with van der Waals surface area (Å²) in [5.41, 5.74) is 1.64. The summed E-state index contributed by atoms with van der Waals surface area (Å²) in [6.45, 7) is 0. The fraction of sp³-hybridized carbons (Fsp3) is 0. The molecule has 3 aromatic heterocycles. The van der Waals surface area contributed by atoms with Crippen LogP contribution in [0.15, 0.2) is 36.0 Å². The van der Waals surface area contributed by atoms with Gasteiger partial charge in [0.05, 0.1) is 10.2 Å². The maximum Gasteiger partial charge on any atom is 0.178 e. The van der Waals surface area contributed by atoms with E-state index in [0.717, 1.165) is 10.2 Å². The second-order valence-corrected chi connectivity index (χ2v) is 4.61. The Labute approximate surface area is 101 Å². The summed E-state index contributed by atoms with van der Waals surface area (Å²) < 4.78 is 1.07. The fourth-order valence-corrected chi connectivity index (χ4v) is 2.27. The highest BCUT2D eigenvalue weighted by atomic mass is 35.5. The molecule has 0 saturated carbocycles. The topological polar surface area (TPSA) is 38.7 Å². The molecule has 0 saturated heterocycles. The lowest BCUT2D eigenvalue weighted by molar-refractivity contribution is 1.18. The molecule has 0 aromatic carbocycles. The Kier molecular flexibility index (Phi) is 2.31. The molecule has 0 unspecified atom stereocenters. The minimum absolute atomic E-state index is 0.605. The number of fused-ring (bicyclic) bond motifs is 1. The zero-order valence-electron chi connectivity index (χ0n) is 8.09. The van der Waals surface area contributed by atoms with E-state index in [2.05, 4.69) is 15.0 Å². The maximum atomic E-state index is 5.90. The molecule has 0 radical (unpaired) electrons. The van der Waals surface area contributed by atoms with Gasteiger partial charge in [-0.1, -0.05) is 11.6 Å². The average molecular weight is 248 g/mol. The number of hydrogen-bond acceptors (Lipinski definition) is 4. The zero-order valence-corrected chi connectivity index (χ0v) is 9.66. The van der Waals surface area contributed by atoms with E-state index in [4.69, 9.17) is 11.6 Å². The summed E-state index contributed by atoms with van der Waals surface area (Å²) in [5.74, 6) is 0.605. The van der Waals surface area contributed by atoms with Gasteiger partial charge in [0, 0.05) is 17.4 Å². The van der Waals surface area contributed by atoms with E-state index in [1.165, 1.54) is 0 Å². The van der Waals surface area contributed by atoms with Crippen LogP contribution in [0.4, 0.5) is 0 Å². The molecule has 0 atom stereocenters. The first-order chi connectivity index (χ1) is 7.83. The third-order valence-electron chi connectivity index (χ3n) is 2.15. The minimum Gasteiger partial charge on any atom is -0.253 e. The third kappa shape index (κ3) is 1.66. The zero-order chi connectivity index (χ0) is 11.0. The Morgan fingerprint density at radius 1 is 1.19 bits per heavy atom.